The molecule has 1 aliphatic carbocycles. The first-order valence-electron chi connectivity index (χ1n) is 7.84. The number of H-pyrrole nitrogens is 1. The second-order valence-corrected chi connectivity index (χ2v) is 6.48. The van der Waals surface area contributed by atoms with Gasteiger partial charge >= 0.3 is 0 Å². The molecule has 22 heavy (non-hydrogen) atoms. The highest BCUT2D eigenvalue weighted by atomic mass is 35.5. The molecule has 1 heterocycles. The fraction of sp³-hybridized carbons (Fsp3) is 0.471. The zero-order valence-corrected chi connectivity index (χ0v) is 13.2. The van der Waals surface area contributed by atoms with Gasteiger partial charge in [-0.25, -0.2) is 0 Å². The number of carbonyl (C=O) groups is 1. The summed E-state index contributed by atoms with van der Waals surface area (Å²) in [4.78, 5) is 15.3. The molecule has 0 unspecified atom stereocenters. The molecule has 1 aromatic heterocycles. The Hall–Kier alpha value is -1.52. The molecule has 1 amide bonds. The Morgan fingerprint density at radius 2 is 2.18 bits per heavy atom. The predicted octanol–water partition coefficient (Wildman–Crippen LogP) is 3.03. The standard InChI is InChI=1S/C17H21ClN2O2/c18-13-5-3-6-14-17(13)12(10-19-14)8-16(22)20-9-11-4-1-2-7-15(11)21/h3,5-6,10-11,15,19,21H,1-2,4,7-9H2,(H,20,22)/t11-,15+/m1/s1. The maximum Gasteiger partial charge on any atom is 0.224 e. The second kappa shape index (κ2) is 6.71. The van der Waals surface area contributed by atoms with Crippen molar-refractivity contribution in [3.8, 4) is 0 Å². The first-order chi connectivity index (χ1) is 10.6. The van der Waals surface area contributed by atoms with Gasteiger partial charge in [-0.15, -0.1) is 0 Å². The van der Waals surface area contributed by atoms with Gasteiger partial charge in [0.05, 0.1) is 17.5 Å². The normalized spacial score (nSPS) is 21.9. The summed E-state index contributed by atoms with van der Waals surface area (Å²) in [6, 6.07) is 5.66. The quantitative estimate of drug-likeness (QED) is 0.810. The van der Waals surface area contributed by atoms with Crippen molar-refractivity contribution in [2.75, 3.05) is 6.54 Å². The van der Waals surface area contributed by atoms with Crippen molar-refractivity contribution >= 4 is 28.4 Å². The Morgan fingerprint density at radius 1 is 1.36 bits per heavy atom. The number of amides is 1. The van der Waals surface area contributed by atoms with Gasteiger partial charge in [0.1, 0.15) is 0 Å². The number of fused-ring (bicyclic) bond motifs is 1. The number of benzene rings is 1. The number of rotatable bonds is 4. The lowest BCUT2D eigenvalue weighted by Crippen LogP contribution is -2.37. The summed E-state index contributed by atoms with van der Waals surface area (Å²) in [5.74, 6) is 0.155. The molecule has 1 aliphatic rings. The third-order valence-electron chi connectivity index (χ3n) is 4.52. The van der Waals surface area contributed by atoms with E-state index in [4.69, 9.17) is 11.6 Å². The van der Waals surface area contributed by atoms with Crippen molar-refractivity contribution in [3.05, 3.63) is 35.0 Å². The molecule has 1 aromatic carbocycles. The molecule has 118 valence electrons. The Balaban J connectivity index is 1.61. The van der Waals surface area contributed by atoms with Crippen molar-refractivity contribution < 1.29 is 9.90 Å². The fourth-order valence-corrected chi connectivity index (χ4v) is 3.55. The van der Waals surface area contributed by atoms with Crippen LogP contribution in [0.15, 0.2) is 24.4 Å². The van der Waals surface area contributed by atoms with Gasteiger partial charge in [-0.1, -0.05) is 30.5 Å². The van der Waals surface area contributed by atoms with E-state index in [0.29, 0.717) is 18.0 Å². The lowest BCUT2D eigenvalue weighted by molar-refractivity contribution is -0.120. The number of hydrogen-bond acceptors (Lipinski definition) is 2. The van der Waals surface area contributed by atoms with Gasteiger partial charge in [-0.05, 0) is 30.5 Å². The summed E-state index contributed by atoms with van der Waals surface area (Å²) in [5.41, 5.74) is 1.85. The topological polar surface area (TPSA) is 65.1 Å². The molecule has 5 heteroatoms. The highest BCUT2D eigenvalue weighted by Crippen LogP contribution is 2.27. The minimum absolute atomic E-state index is 0.0291. The summed E-state index contributed by atoms with van der Waals surface area (Å²) in [6.07, 6.45) is 5.91. The van der Waals surface area contributed by atoms with Gasteiger partial charge in [0.25, 0.3) is 0 Å². The van der Waals surface area contributed by atoms with E-state index in [1.807, 2.05) is 24.4 Å². The summed E-state index contributed by atoms with van der Waals surface area (Å²) in [7, 11) is 0. The van der Waals surface area contributed by atoms with Gasteiger partial charge < -0.3 is 15.4 Å². The average Bonchev–Trinajstić information content (AvgIpc) is 2.91. The van der Waals surface area contributed by atoms with Crippen molar-refractivity contribution in [2.24, 2.45) is 5.92 Å². The molecule has 2 atom stereocenters. The van der Waals surface area contributed by atoms with Crippen molar-refractivity contribution in [3.63, 3.8) is 0 Å². The zero-order chi connectivity index (χ0) is 15.5. The van der Waals surface area contributed by atoms with Crippen LogP contribution in [-0.4, -0.2) is 28.6 Å². The summed E-state index contributed by atoms with van der Waals surface area (Å²) in [5, 5.41) is 14.5. The second-order valence-electron chi connectivity index (χ2n) is 6.07. The number of halogens is 1. The zero-order valence-electron chi connectivity index (χ0n) is 12.4. The van der Waals surface area contributed by atoms with E-state index in [-0.39, 0.29) is 17.9 Å². The molecule has 1 fully saturated rings. The monoisotopic (exact) mass is 320 g/mol. The number of nitrogens with one attached hydrogen (secondary N) is 2. The number of aliphatic hydroxyl groups is 1. The minimum Gasteiger partial charge on any atom is -0.393 e. The highest BCUT2D eigenvalue weighted by molar-refractivity contribution is 6.35. The van der Waals surface area contributed by atoms with Crippen LogP contribution in [-0.2, 0) is 11.2 Å². The largest absolute Gasteiger partial charge is 0.393 e. The first-order valence-corrected chi connectivity index (χ1v) is 8.22. The summed E-state index contributed by atoms with van der Waals surface area (Å²) >= 11 is 6.22. The molecule has 0 bridgehead atoms. The van der Waals surface area contributed by atoms with Crippen LogP contribution in [0.1, 0.15) is 31.2 Å². The van der Waals surface area contributed by atoms with E-state index < -0.39 is 0 Å². The van der Waals surface area contributed by atoms with Crippen LogP contribution in [0, 0.1) is 5.92 Å². The molecule has 4 nitrogen and oxygen atoms in total. The molecule has 0 aliphatic heterocycles. The molecule has 0 radical (unpaired) electrons. The van der Waals surface area contributed by atoms with Crippen molar-refractivity contribution in [1.29, 1.82) is 0 Å². The fourth-order valence-electron chi connectivity index (χ4n) is 3.25. The van der Waals surface area contributed by atoms with Gasteiger partial charge in [-0.3, -0.25) is 4.79 Å². The van der Waals surface area contributed by atoms with E-state index in [1.165, 1.54) is 0 Å². The number of aliphatic hydroxyl groups excluding tert-OH is 1. The molecule has 0 saturated heterocycles. The van der Waals surface area contributed by atoms with E-state index in [9.17, 15) is 9.90 Å². The van der Waals surface area contributed by atoms with Gasteiger partial charge in [0.2, 0.25) is 5.91 Å². The number of hydrogen-bond donors (Lipinski definition) is 3. The van der Waals surface area contributed by atoms with Gasteiger partial charge in [0.15, 0.2) is 0 Å². The Kier molecular flexibility index (Phi) is 4.69. The predicted molar refractivity (Wildman–Crippen MR) is 88.0 cm³/mol. The van der Waals surface area contributed by atoms with Gasteiger partial charge in [-0.2, -0.15) is 0 Å². The third kappa shape index (κ3) is 3.28. The van der Waals surface area contributed by atoms with E-state index >= 15 is 0 Å². The Bertz CT molecular complexity index is 668. The first kappa shape index (κ1) is 15.4. The van der Waals surface area contributed by atoms with Crippen LogP contribution in [0.5, 0.6) is 0 Å². The lowest BCUT2D eigenvalue weighted by atomic mass is 9.86. The molecular formula is C17H21ClN2O2. The number of aromatic nitrogens is 1. The molecule has 3 N–H and O–H groups in total. The Morgan fingerprint density at radius 3 is 3.00 bits per heavy atom. The lowest BCUT2D eigenvalue weighted by Gasteiger charge is -2.27. The van der Waals surface area contributed by atoms with Crippen LogP contribution < -0.4 is 5.32 Å². The third-order valence-corrected chi connectivity index (χ3v) is 4.83. The van der Waals surface area contributed by atoms with E-state index in [2.05, 4.69) is 10.3 Å². The van der Waals surface area contributed by atoms with Crippen LogP contribution in [0.3, 0.4) is 0 Å². The van der Waals surface area contributed by atoms with Gasteiger partial charge in [0, 0.05) is 29.6 Å². The summed E-state index contributed by atoms with van der Waals surface area (Å²) < 4.78 is 0. The molecule has 2 aromatic rings. The van der Waals surface area contributed by atoms with Crippen molar-refractivity contribution in [2.45, 2.75) is 38.2 Å². The SMILES string of the molecule is O=C(Cc1c[nH]c2cccc(Cl)c12)NC[C@H]1CCCC[C@@H]1O. The van der Waals surface area contributed by atoms with Crippen LogP contribution >= 0.6 is 11.6 Å². The van der Waals surface area contributed by atoms with E-state index in [1.54, 1.807) is 0 Å². The van der Waals surface area contributed by atoms with Crippen molar-refractivity contribution in [1.82, 2.24) is 10.3 Å². The van der Waals surface area contributed by atoms with Crippen LogP contribution in [0.2, 0.25) is 5.02 Å². The smallest absolute Gasteiger partial charge is 0.224 e. The minimum atomic E-state index is -0.281. The molecule has 0 spiro atoms. The maximum atomic E-state index is 12.2. The maximum absolute atomic E-state index is 12.2. The summed E-state index contributed by atoms with van der Waals surface area (Å²) in [6.45, 7) is 0.552. The molecule has 1 saturated carbocycles. The Labute approximate surface area is 134 Å². The highest BCUT2D eigenvalue weighted by Gasteiger charge is 2.23. The number of carbonyl (C=O) groups excluding carboxylic acids is 1. The molecule has 3 rings (SSSR count). The average molecular weight is 321 g/mol. The van der Waals surface area contributed by atoms with Crippen LogP contribution in [0.4, 0.5) is 0 Å². The van der Waals surface area contributed by atoms with E-state index in [0.717, 1.165) is 42.1 Å². The van der Waals surface area contributed by atoms with Crippen LogP contribution in [0.25, 0.3) is 10.9 Å². The number of aromatic amines is 1. The molecular weight excluding hydrogens is 300 g/mol.